The summed E-state index contributed by atoms with van der Waals surface area (Å²) >= 11 is 0. The number of hydrogen-bond acceptors (Lipinski definition) is 15. The number of hydrogen-bond donors (Lipinski definition) is 6. The molecule has 25 heteroatoms. The fraction of sp³-hybridized carbons (Fsp3) is 0.483. The molecule has 1 fully saturated rings. The highest BCUT2D eigenvalue weighted by Gasteiger charge is 2.48. The van der Waals surface area contributed by atoms with Crippen molar-refractivity contribution in [1.29, 1.82) is 0 Å². The summed E-state index contributed by atoms with van der Waals surface area (Å²) in [6, 6.07) is 33.5. The fourth-order valence-electron chi connectivity index (χ4n) is 13.8. The molecular weight excluding hydrogens is 1430 g/mol. The van der Waals surface area contributed by atoms with Crippen LogP contribution in [-0.4, -0.2) is 164 Å². The van der Waals surface area contributed by atoms with E-state index in [1.54, 1.807) is 87.6 Å². The first-order valence-electron chi connectivity index (χ1n) is 38.2. The zero-order valence-electron chi connectivity index (χ0n) is 68.9. The lowest BCUT2D eigenvalue weighted by Crippen LogP contribution is -2.63. The molecule has 0 radical (unpaired) electrons. The molecule has 604 valence electrons. The minimum absolute atomic E-state index is 0.106. The number of carbonyl (C=O) groups is 11. The monoisotopic (exact) mass is 1540 g/mol. The number of anilines is 1. The van der Waals surface area contributed by atoms with Gasteiger partial charge in [-0.05, 0) is 153 Å². The van der Waals surface area contributed by atoms with Crippen LogP contribution in [-0.2, 0) is 86.7 Å². The van der Waals surface area contributed by atoms with Crippen molar-refractivity contribution in [2.24, 2.45) is 18.4 Å². The average molecular weight is 1540 g/mol. The summed E-state index contributed by atoms with van der Waals surface area (Å²) in [5.74, 6) is -6.55. The van der Waals surface area contributed by atoms with E-state index in [9.17, 15) is 43.2 Å². The van der Waals surface area contributed by atoms with E-state index in [2.05, 4.69) is 31.9 Å². The highest BCUT2D eigenvalue weighted by molar-refractivity contribution is 6.02. The number of amides is 9. The summed E-state index contributed by atoms with van der Waals surface area (Å²) in [4.78, 5) is 161. The number of likely N-dealkylation sites (N-methyl/N-ethyl adjacent to an activating group) is 2. The van der Waals surface area contributed by atoms with Crippen molar-refractivity contribution < 1.29 is 71.7 Å². The second-order valence-corrected chi connectivity index (χ2v) is 33.9. The van der Waals surface area contributed by atoms with Gasteiger partial charge < -0.3 is 60.3 Å². The van der Waals surface area contributed by atoms with E-state index in [4.69, 9.17) is 18.9 Å². The minimum atomic E-state index is -1.57. The van der Waals surface area contributed by atoms with Gasteiger partial charge >= 0.3 is 24.1 Å². The predicted molar refractivity (Wildman–Crippen MR) is 430 cm³/mol. The summed E-state index contributed by atoms with van der Waals surface area (Å²) in [5, 5.41) is 18.1. The third-order valence-corrected chi connectivity index (χ3v) is 19.4. The summed E-state index contributed by atoms with van der Waals surface area (Å²) in [7, 11) is 4.99. The molecule has 7 atom stereocenters. The second kappa shape index (κ2) is 37.0. The third kappa shape index (κ3) is 23.4. The minimum Gasteiger partial charge on any atom is -0.460 e. The van der Waals surface area contributed by atoms with Crippen LogP contribution in [0.2, 0.25) is 0 Å². The molecule has 0 saturated carbocycles. The van der Waals surface area contributed by atoms with Crippen molar-refractivity contribution in [3.8, 4) is 0 Å². The number of rotatable bonds is 29. The molecule has 0 unspecified atom stereocenters. The van der Waals surface area contributed by atoms with Crippen LogP contribution in [0.25, 0.3) is 10.9 Å². The van der Waals surface area contributed by atoms with Gasteiger partial charge in [0.15, 0.2) is 0 Å². The Morgan fingerprint density at radius 2 is 1.13 bits per heavy atom. The maximum atomic E-state index is 15.2. The summed E-state index contributed by atoms with van der Waals surface area (Å²) in [6.07, 6.45) is 1.81. The average Bonchev–Trinajstić information content (AvgIpc) is 1.40. The van der Waals surface area contributed by atoms with E-state index in [1.807, 2.05) is 182 Å². The SMILES string of the molecule is C/C(=C\[C@H](C(C)C)N(C)C(=O)[C@@H](NC(=O)[C@@H](N(C)C(=O)OC(C)(C)C)C(C)(C)c1cn(C)c2ccccc12)C(C)(C)C)C(=O)N[C@@H](CCC(=O)OC(C)(C)C)C(=O)OCc1ccc(NC(=O)[C@H](CC(=O)NC(c2ccccc2)(c2ccccc2)c2ccccc2)NC(=O)[C@H](C)NC(=O)[C@@H]2CCCN2C(=O)OC(C)(C)C)cc1. The van der Waals surface area contributed by atoms with Crippen LogP contribution in [0.1, 0.15) is 185 Å². The van der Waals surface area contributed by atoms with Gasteiger partial charge in [-0.15, -0.1) is 0 Å². The van der Waals surface area contributed by atoms with Crippen LogP contribution in [0.4, 0.5) is 15.3 Å². The molecule has 112 heavy (non-hydrogen) atoms. The quantitative estimate of drug-likeness (QED) is 0.0110. The molecule has 7 rings (SSSR count). The van der Waals surface area contributed by atoms with Gasteiger partial charge in [0, 0.05) is 67.9 Å². The lowest BCUT2D eigenvalue weighted by Gasteiger charge is -2.42. The zero-order chi connectivity index (χ0) is 83.2. The number of esters is 2. The van der Waals surface area contributed by atoms with Gasteiger partial charge in [0.2, 0.25) is 41.4 Å². The topological polar surface area (TPSA) is 312 Å². The molecule has 6 N–H and O–H groups in total. The van der Waals surface area contributed by atoms with Gasteiger partial charge in [-0.25, -0.2) is 14.4 Å². The first kappa shape index (κ1) is 88.4. The number of para-hydroxylation sites is 1. The zero-order valence-corrected chi connectivity index (χ0v) is 68.9. The molecule has 1 aliphatic rings. The maximum absolute atomic E-state index is 15.2. The Morgan fingerprint density at radius 3 is 1.66 bits per heavy atom. The van der Waals surface area contributed by atoms with Crippen LogP contribution in [0.5, 0.6) is 0 Å². The molecule has 1 saturated heterocycles. The number of ether oxygens (including phenoxy) is 4. The summed E-state index contributed by atoms with van der Waals surface area (Å²) in [5.41, 5.74) is -1.34. The van der Waals surface area contributed by atoms with Gasteiger partial charge in [-0.3, -0.25) is 48.2 Å². The number of nitrogens with zero attached hydrogens (tertiary/aromatic N) is 4. The van der Waals surface area contributed by atoms with Crippen LogP contribution >= 0.6 is 0 Å². The van der Waals surface area contributed by atoms with E-state index >= 15 is 9.59 Å². The number of fused-ring (bicyclic) bond motifs is 1. The molecule has 5 aromatic carbocycles. The lowest BCUT2D eigenvalue weighted by molar-refractivity contribution is -0.156. The van der Waals surface area contributed by atoms with Gasteiger partial charge in [0.05, 0.1) is 12.5 Å². The number of nitrogens with one attached hydrogen (secondary N) is 6. The Balaban J connectivity index is 1.10. The lowest BCUT2D eigenvalue weighted by atomic mass is 9.76. The Labute approximate surface area is 659 Å². The van der Waals surface area contributed by atoms with E-state index in [1.165, 1.54) is 47.7 Å². The number of aromatic nitrogens is 1. The van der Waals surface area contributed by atoms with Gasteiger partial charge in [-0.2, -0.15) is 0 Å². The Hall–Kier alpha value is -10.9. The Morgan fingerprint density at radius 1 is 0.598 bits per heavy atom. The molecule has 1 aliphatic heterocycles. The van der Waals surface area contributed by atoms with E-state index in [0.717, 1.165) is 16.5 Å². The normalized spacial score (nSPS) is 15.2. The molecule has 1 aromatic heterocycles. The van der Waals surface area contributed by atoms with Crippen LogP contribution < -0.4 is 31.9 Å². The fourth-order valence-corrected chi connectivity index (χ4v) is 13.8. The Bertz CT molecular complexity index is 4260. The maximum Gasteiger partial charge on any atom is 0.410 e. The smallest absolute Gasteiger partial charge is 0.410 e. The Kier molecular flexibility index (Phi) is 29.2. The molecule has 25 nitrogen and oxygen atoms in total. The molecule has 0 spiro atoms. The molecule has 0 bridgehead atoms. The summed E-state index contributed by atoms with van der Waals surface area (Å²) < 4.78 is 24.8. The molecule has 2 heterocycles. The highest BCUT2D eigenvalue weighted by atomic mass is 16.6. The van der Waals surface area contributed by atoms with E-state index in [0.29, 0.717) is 35.1 Å². The van der Waals surface area contributed by atoms with Crippen LogP contribution in [0.15, 0.2) is 157 Å². The van der Waals surface area contributed by atoms with E-state index in [-0.39, 0.29) is 43.2 Å². The van der Waals surface area contributed by atoms with Crippen molar-refractivity contribution in [1.82, 2.24) is 45.9 Å². The van der Waals surface area contributed by atoms with Crippen molar-refractivity contribution in [2.45, 2.75) is 233 Å². The van der Waals surface area contributed by atoms with Crippen molar-refractivity contribution in [3.05, 3.63) is 185 Å². The van der Waals surface area contributed by atoms with Crippen LogP contribution in [0, 0.1) is 11.3 Å². The molecule has 9 amide bonds. The van der Waals surface area contributed by atoms with Crippen molar-refractivity contribution >= 4 is 82.1 Å². The van der Waals surface area contributed by atoms with Gasteiger partial charge in [0.1, 0.15) is 65.2 Å². The van der Waals surface area contributed by atoms with Crippen molar-refractivity contribution in [3.63, 3.8) is 0 Å². The van der Waals surface area contributed by atoms with Crippen LogP contribution in [0.3, 0.4) is 0 Å². The first-order valence-corrected chi connectivity index (χ1v) is 38.2. The largest absolute Gasteiger partial charge is 0.460 e. The number of benzene rings is 5. The number of aryl methyl sites for hydroxylation is 1. The first-order chi connectivity index (χ1) is 52.2. The molecule has 0 aliphatic carbocycles. The molecule has 6 aromatic rings. The number of carbonyl (C=O) groups excluding carboxylic acids is 11. The predicted octanol–water partition coefficient (Wildman–Crippen LogP) is 11.8. The van der Waals surface area contributed by atoms with Gasteiger partial charge in [0.25, 0.3) is 0 Å². The standard InChI is InChI=1S/C87H116N10O15/c1-54(2)68(95(20)78(105)71(82(5,6)7)92-77(104)72(96(21)80(107)111-84(11,12)13)86(17,18)63-52-94(19)66-41-32-31-40-62(63)66)50-55(3)73(100)90-64(47-48-70(99)110-83(8,9)10)79(106)109-53-57-43-45-61(46-44-57)89-75(102)65(91-74(101)56(4)88-76(103)67-42-33-49-97(67)81(108)112-85(14,15)16)51-69(98)93-87(58-34-25-22-26-35-58,59-36-27-23-28-37-59)60-38-29-24-30-39-60/h22-32,34-41,43-46,50,52,54,56,64-65,67-68,71-72H,33,42,47-49,51,53H2,1-21H3,(H,88,103)(H,89,102)(H,90,100)(H,91,101)(H,92,104)(H,93,98)/b55-50+/t56-,64-,65-,67-,68+,71+,72+/m0/s1. The van der Waals surface area contributed by atoms with Gasteiger partial charge in [-0.1, -0.05) is 176 Å². The highest BCUT2D eigenvalue weighted by Crippen LogP contribution is 2.40. The second-order valence-electron chi connectivity index (χ2n) is 33.9. The number of likely N-dealkylation sites (tertiary alicyclic amines) is 1. The van der Waals surface area contributed by atoms with E-state index < -0.39 is 147 Å². The third-order valence-electron chi connectivity index (χ3n) is 19.4. The van der Waals surface area contributed by atoms with Crippen molar-refractivity contribution in [2.75, 3.05) is 26.0 Å². The summed E-state index contributed by atoms with van der Waals surface area (Å²) in [6.45, 7) is 31.2. The molecular formula is C87H116N10O15.